The number of hydrogen-bond acceptors (Lipinski definition) is 6. The molecule has 5 rings (SSSR count). The summed E-state index contributed by atoms with van der Waals surface area (Å²) in [6.07, 6.45) is -10.4. The Balaban J connectivity index is 0.000000251. The summed E-state index contributed by atoms with van der Waals surface area (Å²) in [5, 5.41) is 8.44. The number of alkyl halides is 6. The Morgan fingerprint density at radius 1 is 1.00 bits per heavy atom. The molecule has 1 saturated heterocycles. The zero-order valence-corrected chi connectivity index (χ0v) is 22.0. The number of fused-ring (bicyclic) bond motifs is 3. The van der Waals surface area contributed by atoms with E-state index >= 15 is 0 Å². The molecule has 2 atom stereocenters. The Morgan fingerprint density at radius 3 is 2.31 bits per heavy atom. The number of ketones is 2. The third-order valence-corrected chi connectivity index (χ3v) is 7.50. The van der Waals surface area contributed by atoms with Crippen LogP contribution in [0.2, 0.25) is 15.1 Å². The van der Waals surface area contributed by atoms with Crippen molar-refractivity contribution in [1.82, 2.24) is 5.32 Å². The number of halogens is 9. The van der Waals surface area contributed by atoms with Gasteiger partial charge in [-0.15, -0.1) is 0 Å². The van der Waals surface area contributed by atoms with Crippen molar-refractivity contribution in [2.45, 2.75) is 37.3 Å². The van der Waals surface area contributed by atoms with Gasteiger partial charge in [0.2, 0.25) is 0 Å². The van der Waals surface area contributed by atoms with Crippen LogP contribution in [-0.4, -0.2) is 56.2 Å². The Kier molecular flexibility index (Phi) is 8.63. The Hall–Kier alpha value is -2.25. The van der Waals surface area contributed by atoms with Crippen LogP contribution in [-0.2, 0) is 20.9 Å². The van der Waals surface area contributed by atoms with E-state index in [1.165, 1.54) is 16.8 Å². The number of nitrogens with one attached hydrogen (secondary N) is 2. The molecule has 1 fully saturated rings. The highest BCUT2D eigenvalue weighted by Gasteiger charge is 2.54. The smallest absolute Gasteiger partial charge is 0.375 e. The minimum absolute atomic E-state index is 0.442. The molecule has 0 amide bonds. The average Bonchev–Trinajstić information content (AvgIpc) is 3.01. The lowest BCUT2D eigenvalue weighted by molar-refractivity contribution is -0.193. The zero-order valence-electron chi connectivity index (χ0n) is 19.8. The molecule has 2 N–H and O–H groups in total. The van der Waals surface area contributed by atoms with Crippen molar-refractivity contribution in [2.75, 3.05) is 36.5 Å². The van der Waals surface area contributed by atoms with Gasteiger partial charge in [-0.1, -0.05) is 34.8 Å². The summed E-state index contributed by atoms with van der Waals surface area (Å²) in [6, 6.07) is 8.42. The topological polar surface area (TPSA) is 70.7 Å². The molecule has 0 bridgehead atoms. The van der Waals surface area contributed by atoms with Crippen molar-refractivity contribution in [3.05, 3.63) is 50.5 Å². The molecule has 0 aromatic heterocycles. The minimum Gasteiger partial charge on any atom is -0.375 e. The van der Waals surface area contributed by atoms with Crippen LogP contribution in [0, 0.1) is 0 Å². The highest BCUT2D eigenvalue weighted by molar-refractivity contribution is 6.45. The molecule has 3 heterocycles. The number of benzene rings is 2. The molecule has 0 radical (unpaired) electrons. The number of piperidine rings is 1. The van der Waals surface area contributed by atoms with Gasteiger partial charge in [-0.2, -0.15) is 26.3 Å². The third-order valence-electron chi connectivity index (χ3n) is 6.48. The molecule has 3 aliphatic rings. The summed E-state index contributed by atoms with van der Waals surface area (Å²) >= 11 is 18.7. The summed E-state index contributed by atoms with van der Waals surface area (Å²) in [4.78, 5) is 21.8. The fourth-order valence-electron chi connectivity index (χ4n) is 4.92. The lowest BCUT2D eigenvalue weighted by atomic mass is 9.89. The van der Waals surface area contributed by atoms with Crippen LogP contribution in [0.1, 0.15) is 23.5 Å². The van der Waals surface area contributed by atoms with Crippen LogP contribution in [0.3, 0.4) is 0 Å². The van der Waals surface area contributed by atoms with E-state index in [1.54, 1.807) is 12.1 Å². The second-order valence-corrected chi connectivity index (χ2v) is 10.2. The van der Waals surface area contributed by atoms with Crippen molar-refractivity contribution < 1.29 is 40.7 Å². The lowest BCUT2D eigenvalue weighted by Crippen LogP contribution is -2.44. The highest BCUT2D eigenvalue weighted by Crippen LogP contribution is 2.48. The maximum Gasteiger partial charge on any atom is 0.458 e. The highest BCUT2D eigenvalue weighted by atomic mass is 35.5. The van der Waals surface area contributed by atoms with Crippen LogP contribution >= 0.6 is 34.8 Å². The first-order valence-electron chi connectivity index (χ1n) is 11.5. The summed E-state index contributed by atoms with van der Waals surface area (Å²) in [5.41, 5.74) is 5.68. The molecular formula is C24H20Cl3F6N3O3. The molecular weight excluding hydrogens is 599 g/mol. The molecule has 212 valence electrons. The monoisotopic (exact) mass is 617 g/mol. The number of carbonyl (C=O) groups excluding carboxylic acids is 2. The van der Waals surface area contributed by atoms with Gasteiger partial charge in [0.15, 0.2) is 0 Å². The molecule has 2 aromatic rings. The van der Waals surface area contributed by atoms with Crippen LogP contribution in [0.25, 0.3) is 0 Å². The van der Waals surface area contributed by atoms with E-state index < -0.39 is 23.9 Å². The van der Waals surface area contributed by atoms with E-state index in [2.05, 4.69) is 27.7 Å². The number of anilines is 3. The number of Topliss-reactive ketones (excluding diaryl/α,β-unsaturated/α-hetero) is 2. The van der Waals surface area contributed by atoms with Crippen molar-refractivity contribution >= 4 is 63.4 Å². The predicted octanol–water partition coefficient (Wildman–Crippen LogP) is 6.44. The fraction of sp³-hybridized carbons (Fsp3) is 0.417. The van der Waals surface area contributed by atoms with Gasteiger partial charge in [0, 0.05) is 47.0 Å². The molecule has 0 aliphatic carbocycles. The Bertz CT molecular complexity index is 1260. The molecule has 6 nitrogen and oxygen atoms in total. The van der Waals surface area contributed by atoms with Crippen LogP contribution in [0.5, 0.6) is 0 Å². The first kappa shape index (κ1) is 29.7. The van der Waals surface area contributed by atoms with E-state index in [0.717, 1.165) is 38.3 Å². The second kappa shape index (κ2) is 11.3. The average molecular weight is 619 g/mol. The van der Waals surface area contributed by atoms with Gasteiger partial charge in [0.05, 0.1) is 28.9 Å². The third kappa shape index (κ3) is 6.40. The molecule has 0 spiro atoms. The largest absolute Gasteiger partial charge is 0.458 e. The van der Waals surface area contributed by atoms with Gasteiger partial charge in [0.25, 0.3) is 0 Å². The van der Waals surface area contributed by atoms with Gasteiger partial charge in [-0.3, -0.25) is 9.59 Å². The summed E-state index contributed by atoms with van der Waals surface area (Å²) in [7, 11) is 0. The van der Waals surface area contributed by atoms with Gasteiger partial charge >= 0.3 is 23.9 Å². The van der Waals surface area contributed by atoms with Crippen LogP contribution < -0.4 is 15.5 Å². The van der Waals surface area contributed by atoms with Crippen molar-refractivity contribution in [1.29, 1.82) is 0 Å². The number of ether oxygens (including phenoxy) is 1. The SMILES string of the molecule is Clc1cc(Cl)c(Cl)c(Nc2cc3c4c(c2)[C@@H]2CNCC[C@@H]2N4CCOC3)c1.O=C(C(=O)C(F)(F)F)C(F)(F)F. The number of rotatable bonds is 3. The lowest BCUT2D eigenvalue weighted by Gasteiger charge is -2.33. The Labute approximate surface area is 233 Å². The maximum absolute atomic E-state index is 11.2. The molecule has 39 heavy (non-hydrogen) atoms. The standard InChI is InChI=1S/C20H20Cl3N3O.C4F6O2/c21-12-6-16(22)19(23)17(7-12)25-13-5-11-10-27-4-3-26-18-1-2-24-9-15(18)14(8-13)20(11)26;5-3(6,7)1(11)2(12)4(8,9)10/h5-8,15,18,24-25H,1-4,9-10H2;/t15-,18-;/m0./s1. The second-order valence-electron chi connectivity index (χ2n) is 9.01. The van der Waals surface area contributed by atoms with Crippen molar-refractivity contribution in [3.8, 4) is 0 Å². The Morgan fingerprint density at radius 2 is 1.67 bits per heavy atom. The number of hydrogen-bond donors (Lipinski definition) is 2. The van der Waals surface area contributed by atoms with Crippen LogP contribution in [0.4, 0.5) is 43.4 Å². The van der Waals surface area contributed by atoms with Gasteiger partial charge in [-0.25, -0.2) is 0 Å². The zero-order chi connectivity index (χ0) is 28.7. The summed E-state index contributed by atoms with van der Waals surface area (Å²) < 4.78 is 72.8. The van der Waals surface area contributed by atoms with Crippen molar-refractivity contribution in [2.24, 2.45) is 0 Å². The van der Waals surface area contributed by atoms with E-state index in [9.17, 15) is 35.9 Å². The normalized spacial score (nSPS) is 20.3. The van der Waals surface area contributed by atoms with Gasteiger partial charge in [-0.05, 0) is 42.8 Å². The van der Waals surface area contributed by atoms with E-state index in [-0.39, 0.29) is 0 Å². The molecule has 3 aliphatic heterocycles. The van der Waals surface area contributed by atoms with Gasteiger partial charge in [0.1, 0.15) is 0 Å². The van der Waals surface area contributed by atoms with Gasteiger partial charge < -0.3 is 20.3 Å². The quantitative estimate of drug-likeness (QED) is 0.235. The molecule has 15 heteroatoms. The number of carbonyl (C=O) groups is 2. The molecule has 0 saturated carbocycles. The summed E-state index contributed by atoms with van der Waals surface area (Å²) in [5.74, 6) is -6.31. The first-order valence-corrected chi connectivity index (χ1v) is 12.7. The number of nitrogens with zero attached hydrogens (tertiary/aromatic N) is 1. The van der Waals surface area contributed by atoms with E-state index in [4.69, 9.17) is 39.5 Å². The van der Waals surface area contributed by atoms with E-state index in [0.29, 0.717) is 39.3 Å². The molecule has 0 unspecified atom stereocenters. The maximum atomic E-state index is 11.2. The first-order chi connectivity index (χ1) is 18.2. The molecule has 2 aromatic carbocycles. The summed E-state index contributed by atoms with van der Waals surface area (Å²) in [6.45, 7) is 4.45. The van der Waals surface area contributed by atoms with E-state index in [1.807, 2.05) is 0 Å². The fourth-order valence-corrected chi connectivity index (χ4v) is 5.57. The predicted molar refractivity (Wildman–Crippen MR) is 134 cm³/mol. The van der Waals surface area contributed by atoms with Crippen molar-refractivity contribution in [3.63, 3.8) is 0 Å². The van der Waals surface area contributed by atoms with Crippen LogP contribution in [0.15, 0.2) is 24.3 Å². The minimum atomic E-state index is -5.77.